The molecule has 1 N–H and O–H groups in total. The molecule has 1 amide bonds. The normalized spacial score (nSPS) is 12.2. The number of hydrogen-bond acceptors (Lipinski definition) is 3. The van der Waals surface area contributed by atoms with Crippen LogP contribution in [0.2, 0.25) is 0 Å². The van der Waals surface area contributed by atoms with E-state index < -0.39 is 0 Å². The lowest BCUT2D eigenvalue weighted by Gasteiger charge is -2.13. The van der Waals surface area contributed by atoms with Crippen LogP contribution in [0.4, 0.5) is 0 Å². The van der Waals surface area contributed by atoms with Gasteiger partial charge in [-0.3, -0.25) is 4.79 Å². The fraction of sp³-hybridized carbons (Fsp3) is 0.500. The molecule has 1 heterocycles. The minimum Gasteiger partial charge on any atom is -0.349 e. The summed E-state index contributed by atoms with van der Waals surface area (Å²) >= 11 is 5.16. The van der Waals surface area contributed by atoms with Gasteiger partial charge in [-0.05, 0) is 52.9 Å². The van der Waals surface area contributed by atoms with E-state index in [4.69, 9.17) is 0 Å². The van der Waals surface area contributed by atoms with Crippen LogP contribution in [0.3, 0.4) is 0 Å². The zero-order valence-electron chi connectivity index (χ0n) is 10.1. The average Bonchev–Trinajstić information content (AvgIpc) is 2.29. The zero-order chi connectivity index (χ0) is 12.7. The summed E-state index contributed by atoms with van der Waals surface area (Å²) in [5, 5.41) is 2.97. The quantitative estimate of drug-likeness (QED) is 0.647. The molecule has 1 atom stereocenters. The molecule has 17 heavy (non-hydrogen) atoms. The molecule has 0 saturated carbocycles. The zero-order valence-corrected chi connectivity index (χ0v) is 12.5. The van der Waals surface area contributed by atoms with E-state index in [0.717, 1.165) is 17.9 Å². The summed E-state index contributed by atoms with van der Waals surface area (Å²) in [5.74, 6) is 2.13. The van der Waals surface area contributed by atoms with Gasteiger partial charge in [-0.25, -0.2) is 4.98 Å². The summed E-state index contributed by atoms with van der Waals surface area (Å²) in [6, 6.07) is 3.71. The standard InChI is InChI=1S/C12H17BrN2OS/c1-3-17-8-6-9(2)15-12(16)10-5-4-7-14-11(10)13/h4-5,7,9H,3,6,8H2,1-2H3,(H,15,16). The number of carbonyl (C=O) groups excluding carboxylic acids is 1. The summed E-state index contributed by atoms with van der Waals surface area (Å²) in [6.45, 7) is 4.17. The van der Waals surface area contributed by atoms with Crippen molar-refractivity contribution >= 4 is 33.6 Å². The highest BCUT2D eigenvalue weighted by atomic mass is 79.9. The van der Waals surface area contributed by atoms with Crippen molar-refractivity contribution in [3.05, 3.63) is 28.5 Å². The lowest BCUT2D eigenvalue weighted by atomic mass is 10.2. The number of halogens is 1. The predicted octanol–water partition coefficient (Wildman–Crippen LogP) is 3.11. The van der Waals surface area contributed by atoms with Crippen molar-refractivity contribution in [2.75, 3.05) is 11.5 Å². The summed E-state index contributed by atoms with van der Waals surface area (Å²) in [7, 11) is 0. The van der Waals surface area contributed by atoms with Gasteiger partial charge in [0.25, 0.3) is 5.91 Å². The Morgan fingerprint density at radius 3 is 3.06 bits per heavy atom. The smallest absolute Gasteiger partial charge is 0.254 e. The maximum Gasteiger partial charge on any atom is 0.254 e. The maximum absolute atomic E-state index is 11.9. The molecule has 1 rings (SSSR count). The third-order valence-electron chi connectivity index (χ3n) is 2.28. The van der Waals surface area contributed by atoms with E-state index in [-0.39, 0.29) is 11.9 Å². The molecular formula is C12H17BrN2OS. The van der Waals surface area contributed by atoms with Crippen LogP contribution in [0, 0.1) is 0 Å². The summed E-state index contributed by atoms with van der Waals surface area (Å²) < 4.78 is 0.590. The van der Waals surface area contributed by atoms with Crippen LogP contribution in [-0.4, -0.2) is 28.4 Å². The van der Waals surface area contributed by atoms with Gasteiger partial charge < -0.3 is 5.32 Å². The van der Waals surface area contributed by atoms with Gasteiger partial charge in [0, 0.05) is 12.2 Å². The van der Waals surface area contributed by atoms with Crippen molar-refractivity contribution < 1.29 is 4.79 Å². The first-order valence-electron chi connectivity index (χ1n) is 5.64. The van der Waals surface area contributed by atoms with Gasteiger partial charge in [-0.1, -0.05) is 6.92 Å². The number of rotatable bonds is 6. The lowest BCUT2D eigenvalue weighted by Crippen LogP contribution is -2.33. The second-order valence-corrected chi connectivity index (χ2v) is 5.85. The maximum atomic E-state index is 11.9. The van der Waals surface area contributed by atoms with Gasteiger partial charge in [0.05, 0.1) is 5.56 Å². The van der Waals surface area contributed by atoms with Crippen LogP contribution in [0.15, 0.2) is 22.9 Å². The van der Waals surface area contributed by atoms with Crippen molar-refractivity contribution in [2.24, 2.45) is 0 Å². The number of hydrogen-bond donors (Lipinski definition) is 1. The molecule has 0 aliphatic rings. The minimum absolute atomic E-state index is 0.0704. The van der Waals surface area contributed by atoms with E-state index in [1.807, 2.05) is 18.7 Å². The highest BCUT2D eigenvalue weighted by Gasteiger charge is 2.12. The van der Waals surface area contributed by atoms with Crippen LogP contribution in [0.1, 0.15) is 30.6 Å². The minimum atomic E-state index is -0.0704. The number of nitrogens with one attached hydrogen (secondary N) is 1. The van der Waals surface area contributed by atoms with Crippen molar-refractivity contribution in [1.82, 2.24) is 10.3 Å². The van der Waals surface area contributed by atoms with Gasteiger partial charge in [-0.15, -0.1) is 0 Å². The van der Waals surface area contributed by atoms with Gasteiger partial charge in [-0.2, -0.15) is 11.8 Å². The monoisotopic (exact) mass is 316 g/mol. The molecule has 0 aliphatic carbocycles. The number of nitrogens with zero attached hydrogens (tertiary/aromatic N) is 1. The van der Waals surface area contributed by atoms with Crippen LogP contribution in [0.25, 0.3) is 0 Å². The number of carbonyl (C=O) groups is 1. The largest absolute Gasteiger partial charge is 0.349 e. The molecule has 94 valence electrons. The second kappa shape index (κ2) is 7.71. The SMILES string of the molecule is CCSCCC(C)NC(=O)c1cccnc1Br. The van der Waals surface area contributed by atoms with Crippen LogP contribution in [-0.2, 0) is 0 Å². The molecule has 0 bridgehead atoms. The van der Waals surface area contributed by atoms with E-state index in [9.17, 15) is 4.79 Å². The molecule has 3 nitrogen and oxygen atoms in total. The Labute approximate surface area is 115 Å². The highest BCUT2D eigenvalue weighted by molar-refractivity contribution is 9.10. The molecule has 0 aromatic carbocycles. The summed E-state index contributed by atoms with van der Waals surface area (Å²) in [5.41, 5.74) is 0.586. The summed E-state index contributed by atoms with van der Waals surface area (Å²) in [4.78, 5) is 16.0. The third-order valence-corrected chi connectivity index (χ3v) is 3.85. The van der Waals surface area contributed by atoms with Crippen molar-refractivity contribution in [3.8, 4) is 0 Å². The molecule has 1 aromatic rings. The number of aromatic nitrogens is 1. The lowest BCUT2D eigenvalue weighted by molar-refractivity contribution is 0.0938. The molecular weight excluding hydrogens is 300 g/mol. The first-order chi connectivity index (χ1) is 8.15. The van der Waals surface area contributed by atoms with Gasteiger partial charge in [0.1, 0.15) is 4.60 Å². The van der Waals surface area contributed by atoms with E-state index in [0.29, 0.717) is 10.2 Å². The van der Waals surface area contributed by atoms with E-state index >= 15 is 0 Å². The molecule has 0 radical (unpaired) electrons. The molecule has 1 aromatic heterocycles. The number of amides is 1. The Bertz CT molecular complexity index is 373. The first kappa shape index (κ1) is 14.5. The first-order valence-corrected chi connectivity index (χ1v) is 7.59. The fourth-order valence-corrected chi connectivity index (χ4v) is 2.57. The van der Waals surface area contributed by atoms with Crippen LogP contribution < -0.4 is 5.32 Å². The number of pyridine rings is 1. The molecule has 5 heteroatoms. The Morgan fingerprint density at radius 1 is 1.65 bits per heavy atom. The number of thioether (sulfide) groups is 1. The summed E-state index contributed by atoms with van der Waals surface area (Å²) in [6.07, 6.45) is 2.64. The third kappa shape index (κ3) is 5.08. The van der Waals surface area contributed by atoms with Gasteiger partial charge in [0.2, 0.25) is 0 Å². The predicted molar refractivity (Wildman–Crippen MR) is 76.5 cm³/mol. The Morgan fingerprint density at radius 2 is 2.41 bits per heavy atom. The second-order valence-electron chi connectivity index (χ2n) is 3.70. The fourth-order valence-electron chi connectivity index (χ4n) is 1.33. The highest BCUT2D eigenvalue weighted by Crippen LogP contribution is 2.13. The van der Waals surface area contributed by atoms with Crippen molar-refractivity contribution in [3.63, 3.8) is 0 Å². The van der Waals surface area contributed by atoms with Gasteiger partial charge in [0.15, 0.2) is 0 Å². The van der Waals surface area contributed by atoms with Crippen LogP contribution >= 0.6 is 27.7 Å². The van der Waals surface area contributed by atoms with Crippen molar-refractivity contribution in [1.29, 1.82) is 0 Å². The topological polar surface area (TPSA) is 42.0 Å². The van der Waals surface area contributed by atoms with E-state index in [1.54, 1.807) is 18.3 Å². The Kier molecular flexibility index (Phi) is 6.58. The molecule has 0 spiro atoms. The Balaban J connectivity index is 2.46. The van der Waals surface area contributed by atoms with Crippen LogP contribution in [0.5, 0.6) is 0 Å². The molecule has 0 fully saturated rings. The molecule has 1 unspecified atom stereocenters. The van der Waals surface area contributed by atoms with Crippen molar-refractivity contribution in [2.45, 2.75) is 26.3 Å². The Hall–Kier alpha value is -0.550. The van der Waals surface area contributed by atoms with E-state index in [1.165, 1.54) is 0 Å². The van der Waals surface area contributed by atoms with Gasteiger partial charge >= 0.3 is 0 Å². The van der Waals surface area contributed by atoms with E-state index in [2.05, 4.69) is 33.2 Å². The average molecular weight is 317 g/mol. The molecule has 0 aliphatic heterocycles. The molecule has 0 saturated heterocycles.